The van der Waals surface area contributed by atoms with Crippen LogP contribution in [0.2, 0.25) is 0 Å². The van der Waals surface area contributed by atoms with E-state index in [1.54, 1.807) is 5.38 Å². The zero-order valence-corrected chi connectivity index (χ0v) is 15.7. The zero-order valence-electron chi connectivity index (χ0n) is 14.9. The van der Waals surface area contributed by atoms with Gasteiger partial charge in [0.2, 0.25) is 11.8 Å². The maximum atomic E-state index is 12.7. The minimum Gasteiger partial charge on any atom is -0.452 e. The van der Waals surface area contributed by atoms with E-state index in [-0.39, 0.29) is 23.9 Å². The zero-order chi connectivity index (χ0) is 20.1. The number of hydrogen-bond donors (Lipinski definition) is 3. The van der Waals surface area contributed by atoms with Crippen molar-refractivity contribution in [3.8, 4) is 11.1 Å². The molecule has 1 saturated carbocycles. The van der Waals surface area contributed by atoms with Gasteiger partial charge in [0.25, 0.3) is 5.91 Å². The van der Waals surface area contributed by atoms with E-state index in [1.807, 2.05) is 30.3 Å². The number of carbonyl (C=O) groups is 4. The highest BCUT2D eigenvalue weighted by molar-refractivity contribution is 7.15. The number of hydrogen-bond acceptors (Lipinski definition) is 6. The fourth-order valence-corrected chi connectivity index (χ4v) is 3.44. The molecule has 1 heterocycles. The van der Waals surface area contributed by atoms with Crippen LogP contribution in [-0.2, 0) is 19.1 Å². The number of nitrogens with one attached hydrogen (secondary N) is 2. The molecule has 0 saturated heterocycles. The lowest BCUT2D eigenvalue weighted by atomic mass is 10.0. The van der Waals surface area contributed by atoms with Gasteiger partial charge < -0.3 is 21.1 Å². The fraction of sp³-hybridized carbons (Fsp3) is 0.263. The topological polar surface area (TPSA) is 128 Å². The Labute approximate surface area is 165 Å². The quantitative estimate of drug-likeness (QED) is 0.578. The lowest BCUT2D eigenvalue weighted by molar-refractivity contribution is -0.127. The Morgan fingerprint density at radius 3 is 2.50 bits per heavy atom. The summed E-state index contributed by atoms with van der Waals surface area (Å²) in [5, 5.41) is 7.18. The molecule has 0 aliphatic heterocycles. The molecule has 0 unspecified atom stereocenters. The van der Waals surface area contributed by atoms with Crippen LogP contribution in [0.15, 0.2) is 35.7 Å². The Kier molecular flexibility index (Phi) is 6.05. The van der Waals surface area contributed by atoms with Gasteiger partial charge in [0.05, 0.1) is 6.54 Å². The molecule has 1 aromatic heterocycles. The molecule has 1 aliphatic carbocycles. The van der Waals surface area contributed by atoms with Gasteiger partial charge in [-0.25, -0.2) is 4.79 Å². The lowest BCUT2D eigenvalue weighted by Gasteiger charge is -2.09. The van der Waals surface area contributed by atoms with Crippen LogP contribution in [0.5, 0.6) is 0 Å². The van der Waals surface area contributed by atoms with Crippen molar-refractivity contribution in [3.05, 3.63) is 41.3 Å². The van der Waals surface area contributed by atoms with Gasteiger partial charge in [-0.3, -0.25) is 14.4 Å². The van der Waals surface area contributed by atoms with Gasteiger partial charge in [-0.05, 0) is 18.4 Å². The van der Waals surface area contributed by atoms with Crippen molar-refractivity contribution in [2.75, 3.05) is 18.5 Å². The summed E-state index contributed by atoms with van der Waals surface area (Å²) in [4.78, 5) is 47.2. The maximum Gasteiger partial charge on any atom is 0.342 e. The molecule has 3 amide bonds. The van der Waals surface area contributed by atoms with Crippen LogP contribution in [-0.4, -0.2) is 36.8 Å². The Morgan fingerprint density at radius 2 is 1.86 bits per heavy atom. The van der Waals surface area contributed by atoms with E-state index in [2.05, 4.69) is 10.6 Å². The van der Waals surface area contributed by atoms with Crippen LogP contribution >= 0.6 is 11.3 Å². The lowest BCUT2D eigenvalue weighted by Crippen LogP contribution is -2.36. The molecule has 2 aromatic rings. The number of thiophene rings is 1. The van der Waals surface area contributed by atoms with Crippen molar-refractivity contribution in [2.24, 2.45) is 11.7 Å². The first-order valence-electron chi connectivity index (χ1n) is 8.65. The number of primary amides is 1. The van der Waals surface area contributed by atoms with Crippen molar-refractivity contribution < 1.29 is 23.9 Å². The Balaban J connectivity index is 1.78. The van der Waals surface area contributed by atoms with Crippen molar-refractivity contribution in [2.45, 2.75) is 12.8 Å². The van der Waals surface area contributed by atoms with Crippen LogP contribution in [0.1, 0.15) is 23.2 Å². The van der Waals surface area contributed by atoms with Gasteiger partial charge in [0.15, 0.2) is 6.61 Å². The number of ether oxygens (including phenoxy) is 1. The third-order valence-corrected chi connectivity index (χ3v) is 4.95. The van der Waals surface area contributed by atoms with Crippen LogP contribution < -0.4 is 16.4 Å². The number of carbonyl (C=O) groups excluding carboxylic acids is 4. The monoisotopic (exact) mass is 401 g/mol. The summed E-state index contributed by atoms with van der Waals surface area (Å²) in [6, 6.07) is 9.20. The van der Waals surface area contributed by atoms with E-state index >= 15 is 0 Å². The molecule has 1 aromatic carbocycles. The predicted octanol–water partition coefficient (Wildman–Crippen LogP) is 1.52. The van der Waals surface area contributed by atoms with Crippen LogP contribution in [0.3, 0.4) is 0 Å². The van der Waals surface area contributed by atoms with E-state index in [1.165, 1.54) is 11.3 Å². The Hall–Kier alpha value is -3.20. The van der Waals surface area contributed by atoms with Crippen molar-refractivity contribution in [1.29, 1.82) is 0 Å². The molecule has 4 N–H and O–H groups in total. The van der Waals surface area contributed by atoms with Crippen molar-refractivity contribution in [1.82, 2.24) is 5.32 Å². The average molecular weight is 401 g/mol. The molecule has 0 atom stereocenters. The number of rotatable bonds is 8. The van der Waals surface area contributed by atoms with E-state index in [0.29, 0.717) is 10.6 Å². The Morgan fingerprint density at radius 1 is 1.14 bits per heavy atom. The molecule has 9 heteroatoms. The normalized spacial score (nSPS) is 12.9. The predicted molar refractivity (Wildman–Crippen MR) is 104 cm³/mol. The molecule has 146 valence electrons. The van der Waals surface area contributed by atoms with Gasteiger partial charge in [0.1, 0.15) is 10.6 Å². The first-order chi connectivity index (χ1) is 13.5. The van der Waals surface area contributed by atoms with Gasteiger partial charge in [-0.1, -0.05) is 30.3 Å². The number of esters is 1. The third-order valence-electron chi connectivity index (χ3n) is 4.06. The van der Waals surface area contributed by atoms with E-state index in [4.69, 9.17) is 10.5 Å². The second kappa shape index (κ2) is 8.66. The van der Waals surface area contributed by atoms with Gasteiger partial charge >= 0.3 is 5.97 Å². The summed E-state index contributed by atoms with van der Waals surface area (Å²) in [7, 11) is 0. The standard InChI is InChI=1S/C19H19N3O5S/c20-14(23)8-21-15(24)9-27-19(26)16-13(11-4-2-1-3-5-11)10-28-18(16)22-17(25)12-6-7-12/h1-5,10,12H,6-9H2,(H2,20,23)(H,21,24)(H,22,25). The SMILES string of the molecule is NC(=O)CNC(=O)COC(=O)c1c(-c2ccccc2)csc1NC(=O)C1CC1. The first-order valence-corrected chi connectivity index (χ1v) is 9.53. The molecular formula is C19H19N3O5S. The summed E-state index contributed by atoms with van der Waals surface area (Å²) in [6.07, 6.45) is 1.67. The van der Waals surface area contributed by atoms with Crippen LogP contribution in [0.4, 0.5) is 5.00 Å². The number of benzene rings is 1. The smallest absolute Gasteiger partial charge is 0.342 e. The molecule has 3 rings (SSSR count). The highest BCUT2D eigenvalue weighted by atomic mass is 32.1. The van der Waals surface area contributed by atoms with E-state index in [9.17, 15) is 19.2 Å². The number of amides is 3. The van der Waals surface area contributed by atoms with Crippen molar-refractivity contribution >= 4 is 40.0 Å². The van der Waals surface area contributed by atoms with Crippen LogP contribution in [0.25, 0.3) is 11.1 Å². The molecule has 0 spiro atoms. The molecule has 8 nitrogen and oxygen atoms in total. The summed E-state index contributed by atoms with van der Waals surface area (Å²) in [5.74, 6) is -2.23. The molecule has 1 fully saturated rings. The summed E-state index contributed by atoms with van der Waals surface area (Å²) in [6.45, 7) is -0.904. The number of nitrogens with two attached hydrogens (primary N) is 1. The minimum absolute atomic E-state index is 0.0225. The largest absolute Gasteiger partial charge is 0.452 e. The second-order valence-corrected chi connectivity index (χ2v) is 7.18. The minimum atomic E-state index is -0.736. The highest BCUT2D eigenvalue weighted by Gasteiger charge is 2.32. The van der Waals surface area contributed by atoms with Gasteiger partial charge in [-0.2, -0.15) is 0 Å². The van der Waals surface area contributed by atoms with E-state index in [0.717, 1.165) is 18.4 Å². The van der Waals surface area contributed by atoms with Crippen molar-refractivity contribution in [3.63, 3.8) is 0 Å². The van der Waals surface area contributed by atoms with E-state index < -0.39 is 24.4 Å². The van der Waals surface area contributed by atoms with Gasteiger partial charge in [0, 0.05) is 16.9 Å². The highest BCUT2D eigenvalue weighted by Crippen LogP contribution is 2.38. The molecule has 0 bridgehead atoms. The molecule has 1 aliphatic rings. The summed E-state index contributed by atoms with van der Waals surface area (Å²) >= 11 is 1.23. The molecular weight excluding hydrogens is 382 g/mol. The fourth-order valence-electron chi connectivity index (χ4n) is 2.48. The van der Waals surface area contributed by atoms with Crippen LogP contribution in [0, 0.1) is 5.92 Å². The second-order valence-electron chi connectivity index (χ2n) is 6.30. The molecule has 0 radical (unpaired) electrons. The first kappa shape index (κ1) is 19.6. The average Bonchev–Trinajstić information content (AvgIpc) is 3.46. The maximum absolute atomic E-state index is 12.7. The number of anilines is 1. The summed E-state index contributed by atoms with van der Waals surface area (Å²) < 4.78 is 5.09. The Bertz CT molecular complexity index is 906. The summed E-state index contributed by atoms with van der Waals surface area (Å²) in [5.41, 5.74) is 6.55. The van der Waals surface area contributed by atoms with Gasteiger partial charge in [-0.15, -0.1) is 11.3 Å². The third kappa shape index (κ3) is 4.95. The molecule has 28 heavy (non-hydrogen) atoms.